The van der Waals surface area contributed by atoms with Crippen molar-refractivity contribution in [2.45, 2.75) is 0 Å². The molecule has 0 aliphatic carbocycles. The number of anilines is 2. The monoisotopic (exact) mass is 335 g/mol. The van der Waals surface area contributed by atoms with Crippen molar-refractivity contribution in [2.75, 3.05) is 31.6 Å². The van der Waals surface area contributed by atoms with Gasteiger partial charge in [-0.3, -0.25) is 9.78 Å². The molecule has 3 rings (SSSR count). The van der Waals surface area contributed by atoms with Gasteiger partial charge in [-0.2, -0.15) is 0 Å². The van der Waals surface area contributed by atoms with Gasteiger partial charge in [-0.25, -0.2) is 4.39 Å². The number of nitrogens with zero attached hydrogens (tertiary/aromatic N) is 2. The Kier molecular flexibility index (Phi) is 4.73. The highest BCUT2D eigenvalue weighted by atomic mass is 35.5. The van der Waals surface area contributed by atoms with Crippen molar-refractivity contribution in [1.82, 2.24) is 9.88 Å². The first kappa shape index (κ1) is 15.7. The Morgan fingerprint density at radius 2 is 2.00 bits per heavy atom. The summed E-state index contributed by atoms with van der Waals surface area (Å²) in [6.45, 7) is 2.24. The maximum Gasteiger partial charge on any atom is 0.255 e. The van der Waals surface area contributed by atoms with Gasteiger partial charge in [0.05, 0.1) is 35.7 Å². The molecule has 1 fully saturated rings. The van der Waals surface area contributed by atoms with Crippen LogP contribution in [0.3, 0.4) is 0 Å². The maximum absolute atomic E-state index is 13.2. The molecular weight excluding hydrogens is 321 g/mol. The summed E-state index contributed by atoms with van der Waals surface area (Å²) < 4.78 is 18.4. The molecule has 7 heteroatoms. The first-order valence-corrected chi connectivity index (χ1v) is 7.55. The van der Waals surface area contributed by atoms with E-state index in [4.69, 9.17) is 16.3 Å². The van der Waals surface area contributed by atoms with E-state index in [1.807, 2.05) is 0 Å². The predicted molar refractivity (Wildman–Crippen MR) is 85.7 cm³/mol. The second-order valence-electron chi connectivity index (χ2n) is 5.12. The van der Waals surface area contributed by atoms with Crippen LogP contribution in [0.2, 0.25) is 5.02 Å². The van der Waals surface area contributed by atoms with Crippen LogP contribution in [0.4, 0.5) is 15.8 Å². The summed E-state index contributed by atoms with van der Waals surface area (Å²) >= 11 is 5.76. The molecule has 1 aliphatic rings. The van der Waals surface area contributed by atoms with Gasteiger partial charge in [0.2, 0.25) is 0 Å². The van der Waals surface area contributed by atoms with Crippen molar-refractivity contribution >= 4 is 28.9 Å². The van der Waals surface area contributed by atoms with Crippen LogP contribution in [-0.4, -0.2) is 42.1 Å². The normalized spacial score (nSPS) is 14.6. The van der Waals surface area contributed by atoms with Crippen LogP contribution in [-0.2, 0) is 4.74 Å². The standard InChI is InChI=1S/C16H15ClFN3O2/c17-14-8-12(1-2-15(14)18)20-13-7-11(9-19-10-13)16(22)21-3-5-23-6-4-21/h1-2,7-10,20H,3-6H2. The Morgan fingerprint density at radius 1 is 1.22 bits per heavy atom. The third-order valence-corrected chi connectivity index (χ3v) is 3.78. The van der Waals surface area contributed by atoms with E-state index >= 15 is 0 Å². The quantitative estimate of drug-likeness (QED) is 0.936. The van der Waals surface area contributed by atoms with Gasteiger partial charge in [0, 0.05) is 25.0 Å². The topological polar surface area (TPSA) is 54.5 Å². The van der Waals surface area contributed by atoms with E-state index in [0.29, 0.717) is 43.2 Å². The largest absolute Gasteiger partial charge is 0.378 e. The molecule has 1 saturated heterocycles. The number of halogens is 2. The molecule has 5 nitrogen and oxygen atoms in total. The van der Waals surface area contributed by atoms with Gasteiger partial charge in [-0.1, -0.05) is 11.6 Å². The lowest BCUT2D eigenvalue weighted by Crippen LogP contribution is -2.40. The lowest BCUT2D eigenvalue weighted by Gasteiger charge is -2.26. The second-order valence-corrected chi connectivity index (χ2v) is 5.53. The fourth-order valence-electron chi connectivity index (χ4n) is 2.31. The van der Waals surface area contributed by atoms with Crippen LogP contribution < -0.4 is 5.32 Å². The van der Waals surface area contributed by atoms with Crippen LogP contribution in [0, 0.1) is 5.82 Å². The van der Waals surface area contributed by atoms with Crippen LogP contribution in [0.15, 0.2) is 36.7 Å². The van der Waals surface area contributed by atoms with Crippen LogP contribution >= 0.6 is 11.6 Å². The van der Waals surface area contributed by atoms with Crippen molar-refractivity contribution in [3.8, 4) is 0 Å². The summed E-state index contributed by atoms with van der Waals surface area (Å²) in [4.78, 5) is 18.3. The molecule has 0 spiro atoms. The summed E-state index contributed by atoms with van der Waals surface area (Å²) in [5.74, 6) is -0.562. The van der Waals surface area contributed by atoms with E-state index in [0.717, 1.165) is 0 Å². The molecule has 120 valence electrons. The molecule has 0 unspecified atom stereocenters. The zero-order chi connectivity index (χ0) is 16.2. The minimum atomic E-state index is -0.480. The number of hydrogen-bond donors (Lipinski definition) is 1. The lowest BCUT2D eigenvalue weighted by atomic mass is 10.2. The Hall–Kier alpha value is -2.18. The van der Waals surface area contributed by atoms with Crippen molar-refractivity contribution in [2.24, 2.45) is 0 Å². The average Bonchev–Trinajstić information content (AvgIpc) is 2.58. The number of pyridine rings is 1. The Bertz CT molecular complexity index is 720. The summed E-state index contributed by atoms with van der Waals surface area (Å²) in [6.07, 6.45) is 3.12. The zero-order valence-electron chi connectivity index (χ0n) is 12.3. The highest BCUT2D eigenvalue weighted by Gasteiger charge is 2.19. The third kappa shape index (κ3) is 3.78. The van der Waals surface area contributed by atoms with Crippen molar-refractivity contribution in [3.05, 3.63) is 53.1 Å². The van der Waals surface area contributed by atoms with Crippen LogP contribution in [0.5, 0.6) is 0 Å². The number of carbonyl (C=O) groups is 1. The average molecular weight is 336 g/mol. The second kappa shape index (κ2) is 6.93. The van der Waals surface area contributed by atoms with E-state index < -0.39 is 5.82 Å². The minimum Gasteiger partial charge on any atom is -0.378 e. The lowest BCUT2D eigenvalue weighted by molar-refractivity contribution is 0.0302. The smallest absolute Gasteiger partial charge is 0.255 e. The fourth-order valence-corrected chi connectivity index (χ4v) is 2.50. The molecule has 0 radical (unpaired) electrons. The number of hydrogen-bond acceptors (Lipinski definition) is 4. The summed E-state index contributed by atoms with van der Waals surface area (Å²) in [5.41, 5.74) is 1.74. The Labute approximate surface area is 138 Å². The molecular formula is C16H15ClFN3O2. The van der Waals surface area contributed by atoms with E-state index in [1.165, 1.54) is 18.3 Å². The number of carbonyl (C=O) groups excluding carboxylic acids is 1. The van der Waals surface area contributed by atoms with E-state index in [1.54, 1.807) is 23.2 Å². The van der Waals surface area contributed by atoms with Gasteiger partial charge < -0.3 is 15.0 Å². The van der Waals surface area contributed by atoms with Crippen LogP contribution in [0.1, 0.15) is 10.4 Å². The SMILES string of the molecule is O=C(c1cncc(Nc2ccc(F)c(Cl)c2)c1)N1CCOCC1. The summed E-state index contributed by atoms with van der Waals surface area (Å²) in [6, 6.07) is 6.04. The number of aromatic nitrogens is 1. The molecule has 0 saturated carbocycles. The van der Waals surface area contributed by atoms with Gasteiger partial charge in [-0.15, -0.1) is 0 Å². The highest BCUT2D eigenvalue weighted by molar-refractivity contribution is 6.31. The molecule has 0 bridgehead atoms. The number of ether oxygens (including phenoxy) is 1. The third-order valence-electron chi connectivity index (χ3n) is 3.49. The summed E-state index contributed by atoms with van der Waals surface area (Å²) in [7, 11) is 0. The molecule has 1 aliphatic heterocycles. The van der Waals surface area contributed by atoms with E-state index in [9.17, 15) is 9.18 Å². The minimum absolute atomic E-state index is 0.0310. The van der Waals surface area contributed by atoms with Crippen molar-refractivity contribution < 1.29 is 13.9 Å². The molecule has 23 heavy (non-hydrogen) atoms. The summed E-state index contributed by atoms with van der Waals surface area (Å²) in [5, 5.41) is 3.09. The van der Waals surface area contributed by atoms with Gasteiger partial charge >= 0.3 is 0 Å². The Balaban J connectivity index is 1.76. The van der Waals surface area contributed by atoms with Gasteiger partial charge in [0.15, 0.2) is 0 Å². The molecule has 1 amide bonds. The first-order chi connectivity index (χ1) is 11.1. The van der Waals surface area contributed by atoms with Crippen LogP contribution in [0.25, 0.3) is 0 Å². The highest BCUT2D eigenvalue weighted by Crippen LogP contribution is 2.23. The number of nitrogens with one attached hydrogen (secondary N) is 1. The van der Waals surface area contributed by atoms with Gasteiger partial charge in [-0.05, 0) is 24.3 Å². The molecule has 2 aromatic rings. The zero-order valence-corrected chi connectivity index (χ0v) is 13.0. The molecule has 1 N–H and O–H groups in total. The molecule has 0 atom stereocenters. The number of morpholine rings is 1. The van der Waals surface area contributed by atoms with E-state index in [-0.39, 0.29) is 10.9 Å². The van der Waals surface area contributed by atoms with E-state index in [2.05, 4.69) is 10.3 Å². The first-order valence-electron chi connectivity index (χ1n) is 7.17. The molecule has 1 aromatic carbocycles. The number of rotatable bonds is 3. The number of benzene rings is 1. The number of amides is 1. The van der Waals surface area contributed by atoms with Crippen molar-refractivity contribution in [3.63, 3.8) is 0 Å². The molecule has 2 heterocycles. The van der Waals surface area contributed by atoms with Crippen molar-refractivity contribution in [1.29, 1.82) is 0 Å². The van der Waals surface area contributed by atoms with Gasteiger partial charge in [0.1, 0.15) is 5.82 Å². The maximum atomic E-state index is 13.2. The predicted octanol–water partition coefficient (Wildman–Crippen LogP) is 3.09. The Morgan fingerprint density at radius 3 is 2.74 bits per heavy atom. The van der Waals surface area contributed by atoms with Gasteiger partial charge in [0.25, 0.3) is 5.91 Å². The fraction of sp³-hybridized carbons (Fsp3) is 0.250. The molecule has 1 aromatic heterocycles.